The molecule has 3 N–H and O–H groups in total. The lowest BCUT2D eigenvalue weighted by molar-refractivity contribution is 0.0591. The molecule has 1 atom stereocenters. The lowest BCUT2D eigenvalue weighted by atomic mass is 9.88. The third-order valence-corrected chi connectivity index (χ3v) is 6.84. The number of carbonyl (C=O) groups excluding carboxylic acids is 2. The van der Waals surface area contributed by atoms with E-state index in [1.807, 2.05) is 48.5 Å². The van der Waals surface area contributed by atoms with Crippen LogP contribution in [0.1, 0.15) is 40.4 Å². The van der Waals surface area contributed by atoms with E-state index in [0.717, 1.165) is 37.1 Å². The van der Waals surface area contributed by atoms with Crippen molar-refractivity contribution >= 4 is 23.4 Å². The summed E-state index contributed by atoms with van der Waals surface area (Å²) in [7, 11) is 0. The lowest BCUT2D eigenvalue weighted by Gasteiger charge is -2.30. The lowest BCUT2D eigenvalue weighted by Crippen LogP contribution is -2.33. The number of rotatable bonds is 9. The number of benzene rings is 3. The molecule has 1 aliphatic heterocycles. The summed E-state index contributed by atoms with van der Waals surface area (Å²) in [6.45, 7) is 2.16. The van der Waals surface area contributed by atoms with Crippen LogP contribution in [-0.2, 0) is 11.3 Å². The molecule has 0 radical (unpaired) electrons. The molecule has 0 spiro atoms. The van der Waals surface area contributed by atoms with E-state index >= 15 is 0 Å². The second-order valence-corrected chi connectivity index (χ2v) is 9.62. The van der Waals surface area contributed by atoms with E-state index in [0.29, 0.717) is 29.3 Å². The number of anilines is 2. The summed E-state index contributed by atoms with van der Waals surface area (Å²) in [6.07, 6.45) is 4.24. The van der Waals surface area contributed by atoms with Crippen LogP contribution in [0.4, 0.5) is 16.2 Å². The minimum Gasteiger partial charge on any atom is -0.489 e. The fraction of sp³-hybridized carbons (Fsp3) is 0.219. The van der Waals surface area contributed by atoms with Gasteiger partial charge in [-0.15, -0.1) is 0 Å². The molecule has 8 heteroatoms. The maximum Gasteiger partial charge on any atom is 0.412 e. The van der Waals surface area contributed by atoms with Gasteiger partial charge in [0.1, 0.15) is 18.5 Å². The van der Waals surface area contributed by atoms with E-state index in [1.165, 1.54) is 0 Å². The molecule has 3 aromatic carbocycles. The molecule has 1 aromatic heterocycles. The van der Waals surface area contributed by atoms with Crippen LogP contribution >= 0.6 is 0 Å². The topological polar surface area (TPSA) is 102 Å². The number of hydrogen-bond donors (Lipinski definition) is 3. The highest BCUT2D eigenvalue weighted by Crippen LogP contribution is 2.33. The van der Waals surface area contributed by atoms with E-state index in [1.54, 1.807) is 54.9 Å². The van der Waals surface area contributed by atoms with Crippen LogP contribution in [0.2, 0.25) is 0 Å². The minimum absolute atomic E-state index is 0.195. The molecule has 0 aliphatic carbocycles. The Kier molecular flexibility index (Phi) is 9.01. The Labute approximate surface area is 233 Å². The van der Waals surface area contributed by atoms with Crippen LogP contribution in [0.3, 0.4) is 0 Å². The van der Waals surface area contributed by atoms with Gasteiger partial charge in [0.2, 0.25) is 0 Å². The SMILES string of the molecule is O=C(Nc1ccccc1NC(=O)c1cccc(OCc2ccccc2)c1)OC(c1ccncc1)C1CCNCC1. The maximum atomic E-state index is 13.1. The first-order valence-electron chi connectivity index (χ1n) is 13.4. The zero-order valence-electron chi connectivity index (χ0n) is 22.1. The van der Waals surface area contributed by atoms with Crippen LogP contribution < -0.4 is 20.7 Å². The molecule has 5 rings (SSSR count). The van der Waals surface area contributed by atoms with Crippen LogP contribution in [-0.4, -0.2) is 30.1 Å². The summed E-state index contributed by atoms with van der Waals surface area (Å²) in [6, 6.07) is 27.6. The molecule has 1 aliphatic rings. The quantitative estimate of drug-likeness (QED) is 0.235. The molecule has 0 saturated carbocycles. The third kappa shape index (κ3) is 7.24. The van der Waals surface area contributed by atoms with Crippen molar-refractivity contribution in [3.05, 3.63) is 120 Å². The summed E-state index contributed by atoms with van der Waals surface area (Å²) in [5.74, 6) is 0.462. The van der Waals surface area contributed by atoms with Gasteiger partial charge in [0.25, 0.3) is 5.91 Å². The van der Waals surface area contributed by atoms with Gasteiger partial charge in [-0.25, -0.2) is 4.79 Å². The summed E-state index contributed by atoms with van der Waals surface area (Å²) >= 11 is 0. The predicted octanol–water partition coefficient (Wildman–Crippen LogP) is 6.20. The summed E-state index contributed by atoms with van der Waals surface area (Å²) in [4.78, 5) is 30.3. The Balaban J connectivity index is 1.24. The normalized spacial score (nSPS) is 14.1. The molecule has 1 saturated heterocycles. The molecular weight excluding hydrogens is 504 g/mol. The van der Waals surface area contributed by atoms with E-state index in [2.05, 4.69) is 20.9 Å². The van der Waals surface area contributed by atoms with Gasteiger partial charge in [-0.1, -0.05) is 48.5 Å². The Hall–Kier alpha value is -4.69. The van der Waals surface area contributed by atoms with E-state index in [4.69, 9.17) is 9.47 Å². The van der Waals surface area contributed by atoms with Gasteiger partial charge < -0.3 is 20.1 Å². The van der Waals surface area contributed by atoms with E-state index in [-0.39, 0.29) is 11.8 Å². The highest BCUT2D eigenvalue weighted by atomic mass is 16.6. The first-order chi connectivity index (χ1) is 19.7. The van der Waals surface area contributed by atoms with Gasteiger partial charge in [0.15, 0.2) is 0 Å². The molecule has 1 fully saturated rings. The second kappa shape index (κ2) is 13.4. The molecule has 4 aromatic rings. The number of pyridine rings is 1. The number of piperidine rings is 1. The van der Waals surface area contributed by atoms with Crippen molar-refractivity contribution in [2.75, 3.05) is 23.7 Å². The fourth-order valence-electron chi connectivity index (χ4n) is 4.75. The van der Waals surface area contributed by atoms with Gasteiger partial charge in [-0.2, -0.15) is 0 Å². The van der Waals surface area contributed by atoms with Gasteiger partial charge >= 0.3 is 6.09 Å². The number of para-hydroxylation sites is 2. The van der Waals surface area contributed by atoms with Crippen LogP contribution in [0, 0.1) is 5.92 Å². The molecule has 1 unspecified atom stereocenters. The first kappa shape index (κ1) is 26.9. The zero-order chi connectivity index (χ0) is 27.6. The number of ether oxygens (including phenoxy) is 2. The molecule has 2 amide bonds. The summed E-state index contributed by atoms with van der Waals surface area (Å²) in [5.41, 5.74) is 3.29. The Morgan fingerprint density at radius 1 is 0.850 bits per heavy atom. The Morgan fingerprint density at radius 2 is 1.55 bits per heavy atom. The van der Waals surface area contributed by atoms with Crippen molar-refractivity contribution in [2.45, 2.75) is 25.6 Å². The van der Waals surface area contributed by atoms with Gasteiger partial charge in [-0.3, -0.25) is 15.1 Å². The van der Waals surface area contributed by atoms with Crippen molar-refractivity contribution in [2.24, 2.45) is 5.92 Å². The van der Waals surface area contributed by atoms with Gasteiger partial charge in [0.05, 0.1) is 11.4 Å². The predicted molar refractivity (Wildman–Crippen MR) is 154 cm³/mol. The molecular formula is C32H32N4O4. The van der Waals surface area contributed by atoms with Crippen molar-refractivity contribution in [3.63, 3.8) is 0 Å². The number of nitrogens with zero attached hydrogens (tertiary/aromatic N) is 1. The number of nitrogens with one attached hydrogen (secondary N) is 3. The van der Waals surface area contributed by atoms with Crippen LogP contribution in [0.25, 0.3) is 0 Å². The maximum absolute atomic E-state index is 13.1. The monoisotopic (exact) mass is 536 g/mol. The zero-order valence-corrected chi connectivity index (χ0v) is 22.1. The molecule has 8 nitrogen and oxygen atoms in total. The molecule has 2 heterocycles. The third-order valence-electron chi connectivity index (χ3n) is 6.84. The van der Waals surface area contributed by atoms with Crippen molar-refractivity contribution < 1.29 is 19.1 Å². The number of aromatic nitrogens is 1. The largest absolute Gasteiger partial charge is 0.489 e. The average Bonchev–Trinajstić information content (AvgIpc) is 3.01. The van der Waals surface area contributed by atoms with E-state index < -0.39 is 12.2 Å². The Bertz CT molecular complexity index is 1410. The standard InChI is InChI=1S/C32H32N4O4/c37-31(26-9-6-10-27(21-26)39-22-23-7-2-1-3-8-23)35-28-11-4-5-12-29(28)36-32(38)40-30(24-13-17-33-18-14-24)25-15-19-34-20-16-25/h1-14,17-18,21,25,30,34H,15-16,19-20,22H2,(H,35,37)(H,36,38). The van der Waals surface area contributed by atoms with Gasteiger partial charge in [-0.05, 0) is 79.5 Å². The summed E-state index contributed by atoms with van der Waals surface area (Å²) < 4.78 is 11.8. The number of amides is 2. The first-order valence-corrected chi connectivity index (χ1v) is 13.4. The summed E-state index contributed by atoms with van der Waals surface area (Å²) in [5, 5.41) is 9.08. The van der Waals surface area contributed by atoms with E-state index in [9.17, 15) is 9.59 Å². The van der Waals surface area contributed by atoms with Crippen molar-refractivity contribution in [1.29, 1.82) is 0 Å². The fourth-order valence-corrected chi connectivity index (χ4v) is 4.75. The van der Waals surface area contributed by atoms with Gasteiger partial charge in [0, 0.05) is 23.9 Å². The number of carbonyl (C=O) groups is 2. The molecule has 40 heavy (non-hydrogen) atoms. The van der Waals surface area contributed by atoms with Crippen molar-refractivity contribution in [1.82, 2.24) is 10.3 Å². The van der Waals surface area contributed by atoms with Crippen molar-refractivity contribution in [3.8, 4) is 5.75 Å². The van der Waals surface area contributed by atoms with Crippen LogP contribution in [0.5, 0.6) is 5.75 Å². The Morgan fingerprint density at radius 3 is 2.30 bits per heavy atom. The molecule has 204 valence electrons. The minimum atomic E-state index is -0.585. The average molecular weight is 537 g/mol. The number of hydrogen-bond acceptors (Lipinski definition) is 6. The second-order valence-electron chi connectivity index (χ2n) is 9.62. The highest BCUT2D eigenvalue weighted by molar-refractivity contribution is 6.07. The highest BCUT2D eigenvalue weighted by Gasteiger charge is 2.28. The molecule has 0 bridgehead atoms. The smallest absolute Gasteiger partial charge is 0.412 e. The van der Waals surface area contributed by atoms with Crippen LogP contribution in [0.15, 0.2) is 103 Å².